The van der Waals surface area contributed by atoms with E-state index in [1.165, 1.54) is 7.11 Å². The Hall–Kier alpha value is -0.610. The molecule has 0 aromatic rings. The second kappa shape index (κ2) is 5.19. The first-order chi connectivity index (χ1) is 6.26. The highest BCUT2D eigenvalue weighted by Gasteiger charge is 2.21. The van der Waals surface area contributed by atoms with Crippen molar-refractivity contribution in [2.24, 2.45) is 0 Å². The molecule has 0 amide bonds. The van der Waals surface area contributed by atoms with Crippen LogP contribution in [0, 0.1) is 0 Å². The lowest BCUT2D eigenvalue weighted by atomic mass is 10.3. The van der Waals surface area contributed by atoms with Crippen molar-refractivity contribution < 1.29 is 14.3 Å². The van der Waals surface area contributed by atoms with E-state index in [1.54, 1.807) is 7.11 Å². The van der Waals surface area contributed by atoms with Crippen molar-refractivity contribution in [2.75, 3.05) is 33.9 Å². The first kappa shape index (κ1) is 10.5. The van der Waals surface area contributed by atoms with Crippen molar-refractivity contribution in [2.45, 2.75) is 18.9 Å². The fraction of sp³-hybridized carbons (Fsp3) is 0.889. The molecule has 0 aromatic heterocycles. The van der Waals surface area contributed by atoms with E-state index in [4.69, 9.17) is 4.74 Å². The Kier molecular flexibility index (Phi) is 4.18. The number of esters is 1. The Bertz CT molecular complexity index is 172. The average Bonchev–Trinajstić information content (AvgIpc) is 2.61. The smallest absolute Gasteiger partial charge is 0.306 e. The van der Waals surface area contributed by atoms with Crippen LogP contribution in [0.25, 0.3) is 0 Å². The van der Waals surface area contributed by atoms with Gasteiger partial charge in [0, 0.05) is 26.7 Å². The molecule has 1 unspecified atom stereocenters. The predicted octanol–water partition coefficient (Wildman–Crippen LogP) is 0.270. The molecule has 0 N–H and O–H groups in total. The molecule has 0 aromatic carbocycles. The number of likely N-dealkylation sites (tertiary alicyclic amines) is 1. The predicted molar refractivity (Wildman–Crippen MR) is 48.5 cm³/mol. The van der Waals surface area contributed by atoms with Crippen LogP contribution in [-0.4, -0.2) is 50.8 Å². The maximum Gasteiger partial charge on any atom is 0.306 e. The van der Waals surface area contributed by atoms with Crippen LogP contribution in [-0.2, 0) is 14.3 Å². The zero-order chi connectivity index (χ0) is 9.68. The summed E-state index contributed by atoms with van der Waals surface area (Å²) in [5.41, 5.74) is 0. The molecule has 76 valence electrons. The van der Waals surface area contributed by atoms with E-state index < -0.39 is 0 Å². The van der Waals surface area contributed by atoms with E-state index in [0.717, 1.165) is 26.1 Å². The number of hydrogen-bond donors (Lipinski definition) is 0. The van der Waals surface area contributed by atoms with Gasteiger partial charge in [0.25, 0.3) is 0 Å². The summed E-state index contributed by atoms with van der Waals surface area (Å²) in [5, 5.41) is 0. The molecule has 0 saturated carbocycles. The Balaban J connectivity index is 2.13. The van der Waals surface area contributed by atoms with Crippen molar-refractivity contribution in [3.05, 3.63) is 0 Å². The molecule has 4 heteroatoms. The van der Waals surface area contributed by atoms with E-state index in [9.17, 15) is 4.79 Å². The first-order valence-electron chi connectivity index (χ1n) is 4.58. The van der Waals surface area contributed by atoms with Crippen LogP contribution < -0.4 is 0 Å². The van der Waals surface area contributed by atoms with Gasteiger partial charge in [-0.3, -0.25) is 4.79 Å². The van der Waals surface area contributed by atoms with Gasteiger partial charge in [0.2, 0.25) is 0 Å². The van der Waals surface area contributed by atoms with Gasteiger partial charge in [-0.05, 0) is 6.42 Å². The SMILES string of the molecule is COC(=O)CCN1CCC(OC)C1. The van der Waals surface area contributed by atoms with Gasteiger partial charge in [0.05, 0.1) is 19.6 Å². The topological polar surface area (TPSA) is 38.8 Å². The molecule has 1 rings (SSSR count). The number of carbonyl (C=O) groups excluding carboxylic acids is 1. The second-order valence-corrected chi connectivity index (χ2v) is 3.27. The molecule has 1 atom stereocenters. The van der Waals surface area contributed by atoms with Gasteiger partial charge in [0.15, 0.2) is 0 Å². The summed E-state index contributed by atoms with van der Waals surface area (Å²) in [6.45, 7) is 2.75. The molecular weight excluding hydrogens is 170 g/mol. The first-order valence-corrected chi connectivity index (χ1v) is 4.58. The average molecular weight is 187 g/mol. The van der Waals surface area contributed by atoms with Crippen LogP contribution in [0.3, 0.4) is 0 Å². The van der Waals surface area contributed by atoms with Gasteiger partial charge in [-0.1, -0.05) is 0 Å². The fourth-order valence-corrected chi connectivity index (χ4v) is 1.54. The normalized spacial score (nSPS) is 23.4. The molecule has 13 heavy (non-hydrogen) atoms. The van der Waals surface area contributed by atoms with Crippen molar-refractivity contribution >= 4 is 5.97 Å². The largest absolute Gasteiger partial charge is 0.469 e. The summed E-state index contributed by atoms with van der Waals surface area (Å²) in [7, 11) is 3.15. The van der Waals surface area contributed by atoms with E-state index in [-0.39, 0.29) is 5.97 Å². The molecule has 1 aliphatic heterocycles. The van der Waals surface area contributed by atoms with Crippen LogP contribution in [0.15, 0.2) is 0 Å². The van der Waals surface area contributed by atoms with E-state index >= 15 is 0 Å². The van der Waals surface area contributed by atoms with Gasteiger partial charge in [-0.2, -0.15) is 0 Å². The molecule has 0 radical (unpaired) electrons. The summed E-state index contributed by atoms with van der Waals surface area (Å²) in [6.07, 6.45) is 1.89. The monoisotopic (exact) mass is 187 g/mol. The Morgan fingerprint density at radius 2 is 2.31 bits per heavy atom. The van der Waals surface area contributed by atoms with Crippen molar-refractivity contribution in [1.29, 1.82) is 0 Å². The molecule has 0 bridgehead atoms. The lowest BCUT2D eigenvalue weighted by Gasteiger charge is -2.14. The van der Waals surface area contributed by atoms with Crippen LogP contribution in [0.2, 0.25) is 0 Å². The molecule has 1 fully saturated rings. The Morgan fingerprint density at radius 3 is 2.85 bits per heavy atom. The third kappa shape index (κ3) is 3.32. The minimum atomic E-state index is -0.138. The molecule has 1 saturated heterocycles. The minimum absolute atomic E-state index is 0.138. The molecule has 1 aliphatic rings. The van der Waals surface area contributed by atoms with E-state index in [0.29, 0.717) is 12.5 Å². The van der Waals surface area contributed by atoms with Gasteiger partial charge < -0.3 is 14.4 Å². The summed E-state index contributed by atoms with van der Waals surface area (Å²) < 4.78 is 9.78. The summed E-state index contributed by atoms with van der Waals surface area (Å²) in [5.74, 6) is -0.138. The third-order valence-electron chi connectivity index (χ3n) is 2.42. The van der Waals surface area contributed by atoms with E-state index in [2.05, 4.69) is 9.64 Å². The molecule has 0 aliphatic carbocycles. The van der Waals surface area contributed by atoms with Crippen LogP contribution >= 0.6 is 0 Å². The van der Waals surface area contributed by atoms with Crippen LogP contribution in [0.1, 0.15) is 12.8 Å². The highest BCUT2D eigenvalue weighted by molar-refractivity contribution is 5.69. The van der Waals surface area contributed by atoms with Crippen LogP contribution in [0.4, 0.5) is 0 Å². The van der Waals surface area contributed by atoms with Crippen molar-refractivity contribution in [3.8, 4) is 0 Å². The number of ether oxygens (including phenoxy) is 2. The maximum atomic E-state index is 10.8. The quantitative estimate of drug-likeness (QED) is 0.592. The van der Waals surface area contributed by atoms with Crippen molar-refractivity contribution in [1.82, 2.24) is 4.90 Å². The third-order valence-corrected chi connectivity index (χ3v) is 2.42. The lowest BCUT2D eigenvalue weighted by molar-refractivity contribution is -0.140. The zero-order valence-electron chi connectivity index (χ0n) is 8.28. The number of nitrogens with zero attached hydrogens (tertiary/aromatic N) is 1. The summed E-state index contributed by atoms with van der Waals surface area (Å²) in [6, 6.07) is 0. The summed E-state index contributed by atoms with van der Waals surface area (Å²) >= 11 is 0. The van der Waals surface area contributed by atoms with Crippen molar-refractivity contribution in [3.63, 3.8) is 0 Å². The molecular formula is C9H17NO3. The number of hydrogen-bond acceptors (Lipinski definition) is 4. The number of carbonyl (C=O) groups is 1. The maximum absolute atomic E-state index is 10.8. The van der Waals surface area contributed by atoms with Gasteiger partial charge in [-0.15, -0.1) is 0 Å². The van der Waals surface area contributed by atoms with E-state index in [1.807, 2.05) is 0 Å². The fourth-order valence-electron chi connectivity index (χ4n) is 1.54. The number of rotatable bonds is 4. The van der Waals surface area contributed by atoms with Gasteiger partial charge in [0.1, 0.15) is 0 Å². The molecule has 1 heterocycles. The molecule has 4 nitrogen and oxygen atoms in total. The van der Waals surface area contributed by atoms with Gasteiger partial charge in [-0.25, -0.2) is 0 Å². The Labute approximate surface area is 78.8 Å². The minimum Gasteiger partial charge on any atom is -0.469 e. The van der Waals surface area contributed by atoms with Gasteiger partial charge >= 0.3 is 5.97 Å². The second-order valence-electron chi connectivity index (χ2n) is 3.27. The highest BCUT2D eigenvalue weighted by Crippen LogP contribution is 2.11. The number of methoxy groups -OCH3 is 2. The zero-order valence-corrected chi connectivity index (χ0v) is 8.28. The Morgan fingerprint density at radius 1 is 1.54 bits per heavy atom. The summed E-state index contributed by atoms with van der Waals surface area (Å²) in [4.78, 5) is 13.1. The molecule has 0 spiro atoms. The highest BCUT2D eigenvalue weighted by atomic mass is 16.5. The lowest BCUT2D eigenvalue weighted by Crippen LogP contribution is -2.25. The standard InChI is InChI=1S/C9H17NO3/c1-12-8-3-5-10(7-8)6-4-9(11)13-2/h8H,3-7H2,1-2H3. The van der Waals surface area contributed by atoms with Crippen LogP contribution in [0.5, 0.6) is 0 Å².